The fourth-order valence-corrected chi connectivity index (χ4v) is 2.53. The molecule has 146 valence electrons. The molecule has 1 N–H and O–H groups in total. The summed E-state index contributed by atoms with van der Waals surface area (Å²) in [7, 11) is 1.67. The molecule has 0 heterocycles. The lowest BCUT2D eigenvalue weighted by Gasteiger charge is -2.08. The van der Waals surface area contributed by atoms with Crippen LogP contribution in [0, 0.1) is 17.2 Å². The van der Waals surface area contributed by atoms with Crippen molar-refractivity contribution in [1.82, 2.24) is 5.32 Å². The average Bonchev–Trinajstić information content (AvgIpc) is 2.61. The number of hydrogen-bond acceptors (Lipinski definition) is 4. The van der Waals surface area contributed by atoms with E-state index in [4.69, 9.17) is 16.9 Å². The predicted molar refractivity (Wildman–Crippen MR) is 115 cm³/mol. The van der Waals surface area contributed by atoms with Crippen LogP contribution in [0.3, 0.4) is 0 Å². The minimum Gasteiger partial charge on any atom is -0.353 e. The van der Waals surface area contributed by atoms with Crippen molar-refractivity contribution < 1.29 is 4.79 Å². The van der Waals surface area contributed by atoms with E-state index in [0.717, 1.165) is 11.3 Å². The van der Waals surface area contributed by atoms with Gasteiger partial charge >= 0.3 is 0 Å². The average molecular weight is 389 g/mol. The molecule has 1 atom stereocenters. The molecule has 0 saturated heterocycles. The highest BCUT2D eigenvalue weighted by atomic mass is 35.5. The minimum absolute atomic E-state index is 0.0809. The third-order valence-electron chi connectivity index (χ3n) is 3.42. The Morgan fingerprint density at radius 3 is 2.67 bits per heavy atom. The smallest absolute Gasteiger partial charge is 0.246 e. The number of amides is 1. The number of nitrogens with one attached hydrogen (secondary N) is 1. The summed E-state index contributed by atoms with van der Waals surface area (Å²) >= 11 is 6.07. The van der Waals surface area contributed by atoms with Crippen molar-refractivity contribution in [3.8, 4) is 6.07 Å². The van der Waals surface area contributed by atoms with Gasteiger partial charge in [-0.1, -0.05) is 43.3 Å². The summed E-state index contributed by atoms with van der Waals surface area (Å²) in [6, 6.07) is 2.08. The standard InChI is InChI=1S/C21H29ClN4O/c1-6-18(11-16(3)12-19(22)15-24-5)14-20(26-10-8-9-23)13-17(4)21(27)25-7-2/h6,11-13,15-16H,1,7-8,10,14H2,2-5H3,(H,25,27)/b17-13+,18-11+,19-12+,24-15-,26-20+. The molecule has 0 rings (SSSR count). The van der Waals surface area contributed by atoms with Gasteiger partial charge < -0.3 is 5.32 Å². The summed E-state index contributed by atoms with van der Waals surface area (Å²) in [6.45, 7) is 10.5. The van der Waals surface area contributed by atoms with Gasteiger partial charge in [0.05, 0.1) is 24.1 Å². The van der Waals surface area contributed by atoms with Gasteiger partial charge in [0.1, 0.15) is 0 Å². The lowest BCUT2D eigenvalue weighted by Crippen LogP contribution is -2.23. The Bertz CT molecular complexity index is 693. The van der Waals surface area contributed by atoms with Gasteiger partial charge in [-0.15, -0.1) is 0 Å². The Labute approximate surface area is 167 Å². The number of nitriles is 1. The second kappa shape index (κ2) is 14.7. The molecule has 1 amide bonds. The van der Waals surface area contributed by atoms with Crippen LogP contribution in [0.1, 0.15) is 33.6 Å². The van der Waals surface area contributed by atoms with Gasteiger partial charge in [0.2, 0.25) is 5.91 Å². The number of halogens is 1. The maximum atomic E-state index is 12.0. The minimum atomic E-state index is -0.128. The fourth-order valence-electron chi connectivity index (χ4n) is 2.23. The Kier molecular flexibility index (Phi) is 13.4. The van der Waals surface area contributed by atoms with Crippen LogP contribution in [0.2, 0.25) is 0 Å². The summed E-state index contributed by atoms with van der Waals surface area (Å²) in [4.78, 5) is 20.3. The monoisotopic (exact) mass is 388 g/mol. The molecule has 0 fully saturated rings. The molecule has 0 radical (unpaired) electrons. The summed E-state index contributed by atoms with van der Waals surface area (Å²) in [6.07, 6.45) is 9.89. The molecule has 0 aromatic rings. The summed E-state index contributed by atoms with van der Waals surface area (Å²) < 4.78 is 0. The number of allylic oxidation sites excluding steroid dienone is 6. The number of aliphatic imine (C=N–C) groups is 2. The highest BCUT2D eigenvalue weighted by Crippen LogP contribution is 2.14. The number of rotatable bonds is 11. The van der Waals surface area contributed by atoms with Crippen LogP contribution in [-0.2, 0) is 4.79 Å². The molecule has 1 unspecified atom stereocenters. The van der Waals surface area contributed by atoms with Gasteiger partial charge in [0, 0.05) is 37.5 Å². The molecular formula is C21H29ClN4O. The first-order valence-electron chi connectivity index (χ1n) is 8.87. The zero-order valence-corrected chi connectivity index (χ0v) is 17.4. The van der Waals surface area contributed by atoms with E-state index in [1.54, 1.807) is 32.3 Å². The quantitative estimate of drug-likeness (QED) is 0.246. The van der Waals surface area contributed by atoms with Crippen molar-refractivity contribution >= 4 is 29.4 Å². The van der Waals surface area contributed by atoms with Crippen LogP contribution in [0.4, 0.5) is 0 Å². The highest BCUT2D eigenvalue weighted by molar-refractivity contribution is 6.39. The second-order valence-electron chi connectivity index (χ2n) is 5.89. The van der Waals surface area contributed by atoms with Gasteiger partial charge in [0.15, 0.2) is 0 Å². The molecular weight excluding hydrogens is 360 g/mol. The Hall–Kier alpha value is -2.45. The number of likely N-dealkylation sites (N-methyl/N-ethyl adjacent to an activating group) is 1. The number of carbonyl (C=O) groups is 1. The molecule has 27 heavy (non-hydrogen) atoms. The number of carbonyl (C=O) groups excluding carboxylic acids is 1. The predicted octanol–water partition coefficient (Wildman–Crippen LogP) is 4.39. The molecule has 0 bridgehead atoms. The Morgan fingerprint density at radius 1 is 1.41 bits per heavy atom. The van der Waals surface area contributed by atoms with Gasteiger partial charge in [-0.2, -0.15) is 5.26 Å². The van der Waals surface area contributed by atoms with Gasteiger partial charge in [-0.05, 0) is 31.4 Å². The van der Waals surface area contributed by atoms with E-state index in [2.05, 4.69) is 27.9 Å². The summed E-state index contributed by atoms with van der Waals surface area (Å²) in [5.41, 5.74) is 2.27. The molecule has 0 aromatic heterocycles. The second-order valence-corrected chi connectivity index (χ2v) is 6.32. The van der Waals surface area contributed by atoms with Crippen molar-refractivity contribution in [3.63, 3.8) is 0 Å². The van der Waals surface area contributed by atoms with Crippen molar-refractivity contribution in [3.05, 3.63) is 47.1 Å². The van der Waals surface area contributed by atoms with Crippen LogP contribution >= 0.6 is 11.6 Å². The zero-order valence-electron chi connectivity index (χ0n) is 16.6. The van der Waals surface area contributed by atoms with Crippen LogP contribution in [-0.4, -0.2) is 38.0 Å². The third kappa shape index (κ3) is 11.7. The summed E-state index contributed by atoms with van der Waals surface area (Å²) in [5.74, 6) is -0.0473. The molecule has 0 aromatic carbocycles. The first-order chi connectivity index (χ1) is 12.9. The largest absolute Gasteiger partial charge is 0.353 e. The topological polar surface area (TPSA) is 77.6 Å². The maximum Gasteiger partial charge on any atom is 0.246 e. The molecule has 0 aliphatic carbocycles. The first kappa shape index (κ1) is 24.6. The lowest BCUT2D eigenvalue weighted by atomic mass is 10.0. The first-order valence-corrected chi connectivity index (χ1v) is 9.25. The van der Waals surface area contributed by atoms with E-state index >= 15 is 0 Å². The van der Waals surface area contributed by atoms with E-state index in [9.17, 15) is 4.79 Å². The number of nitrogens with zero attached hydrogens (tertiary/aromatic N) is 3. The zero-order chi connectivity index (χ0) is 20.7. The number of hydrogen-bond donors (Lipinski definition) is 1. The molecule has 5 nitrogen and oxygen atoms in total. The summed E-state index contributed by atoms with van der Waals surface area (Å²) in [5, 5.41) is 12.1. The van der Waals surface area contributed by atoms with Gasteiger partial charge in [-0.3, -0.25) is 14.8 Å². The highest BCUT2D eigenvalue weighted by Gasteiger charge is 2.07. The van der Waals surface area contributed by atoms with Crippen LogP contribution < -0.4 is 5.32 Å². The molecule has 6 heteroatoms. The normalized spacial score (nSPS) is 14.8. The van der Waals surface area contributed by atoms with Gasteiger partial charge in [0.25, 0.3) is 0 Å². The van der Waals surface area contributed by atoms with E-state index in [1.807, 2.05) is 26.0 Å². The SMILES string of the molecule is C=C/C(=C\C(C)/C=C(Cl)\C=N/C)CC(/C=C(\C)C(=O)NCC)=N/CCC#N. The molecule has 0 aliphatic rings. The van der Waals surface area contributed by atoms with E-state index in [-0.39, 0.29) is 11.8 Å². The van der Waals surface area contributed by atoms with E-state index in [0.29, 0.717) is 36.5 Å². The molecule has 0 saturated carbocycles. The fraction of sp³-hybridized carbons (Fsp3) is 0.429. The van der Waals surface area contributed by atoms with Crippen molar-refractivity contribution in [2.24, 2.45) is 15.9 Å². The van der Waals surface area contributed by atoms with E-state index < -0.39 is 0 Å². The van der Waals surface area contributed by atoms with Crippen molar-refractivity contribution in [2.75, 3.05) is 20.1 Å². The molecule has 0 aliphatic heterocycles. The van der Waals surface area contributed by atoms with E-state index in [1.165, 1.54) is 0 Å². The van der Waals surface area contributed by atoms with Crippen LogP contribution in [0.25, 0.3) is 0 Å². The Balaban J connectivity index is 5.51. The van der Waals surface area contributed by atoms with Gasteiger partial charge in [-0.25, -0.2) is 0 Å². The maximum absolute atomic E-state index is 12.0. The van der Waals surface area contributed by atoms with Crippen LogP contribution in [0.5, 0.6) is 0 Å². The lowest BCUT2D eigenvalue weighted by molar-refractivity contribution is -0.117. The molecule has 0 spiro atoms. The third-order valence-corrected chi connectivity index (χ3v) is 3.64. The van der Waals surface area contributed by atoms with Crippen LogP contribution in [0.15, 0.2) is 57.0 Å². The van der Waals surface area contributed by atoms with Crippen molar-refractivity contribution in [1.29, 1.82) is 5.26 Å². The van der Waals surface area contributed by atoms with Crippen molar-refractivity contribution in [2.45, 2.75) is 33.6 Å². The Morgan fingerprint density at radius 2 is 2.11 bits per heavy atom.